The number of nitrogens with one attached hydrogen (secondary N) is 1. The first kappa shape index (κ1) is 11.0. The van der Waals surface area contributed by atoms with Crippen molar-refractivity contribution >= 4 is 15.9 Å². The van der Waals surface area contributed by atoms with Crippen molar-refractivity contribution in [2.75, 3.05) is 0 Å². The summed E-state index contributed by atoms with van der Waals surface area (Å²) in [7, 11) is 0. The first-order chi connectivity index (χ1) is 8.33. The maximum atomic E-state index is 4.54. The fourth-order valence-corrected chi connectivity index (χ4v) is 2.38. The lowest BCUT2D eigenvalue weighted by molar-refractivity contribution is 0.862. The largest absolute Gasteiger partial charge is 0.263 e. The first-order valence-electron chi connectivity index (χ1n) is 5.97. The number of H-pyrrole nitrogens is 1. The van der Waals surface area contributed by atoms with Crippen LogP contribution in [0.15, 0.2) is 28.7 Å². The highest BCUT2D eigenvalue weighted by molar-refractivity contribution is 9.10. The number of aromatic amines is 1. The lowest BCUT2D eigenvalue weighted by atomic mass is 10.1. The van der Waals surface area contributed by atoms with Crippen LogP contribution in [0, 0.1) is 0 Å². The van der Waals surface area contributed by atoms with Crippen LogP contribution < -0.4 is 0 Å². The average molecular weight is 292 g/mol. The van der Waals surface area contributed by atoms with Crippen molar-refractivity contribution in [1.82, 2.24) is 15.2 Å². The standard InChI is InChI=1S/C13H14BrN3/c14-11-4-2-1-3-9(11)7-8-12-15-13(17-16-12)10-5-6-10/h1-4,10H,5-8H2,(H,15,16,17). The van der Waals surface area contributed by atoms with Crippen molar-refractivity contribution < 1.29 is 0 Å². The number of rotatable bonds is 4. The predicted octanol–water partition coefficient (Wildman–Crippen LogP) is 3.23. The summed E-state index contributed by atoms with van der Waals surface area (Å²) in [5.74, 6) is 2.64. The van der Waals surface area contributed by atoms with E-state index in [0.29, 0.717) is 5.92 Å². The molecule has 3 rings (SSSR count). The van der Waals surface area contributed by atoms with Crippen molar-refractivity contribution in [3.8, 4) is 0 Å². The number of halogens is 1. The highest BCUT2D eigenvalue weighted by atomic mass is 79.9. The van der Waals surface area contributed by atoms with Gasteiger partial charge < -0.3 is 0 Å². The van der Waals surface area contributed by atoms with Gasteiger partial charge in [0.15, 0.2) is 5.82 Å². The third-order valence-corrected chi connectivity index (χ3v) is 3.85. The van der Waals surface area contributed by atoms with Gasteiger partial charge in [-0.2, -0.15) is 5.10 Å². The fourth-order valence-electron chi connectivity index (χ4n) is 1.90. The highest BCUT2D eigenvalue weighted by Gasteiger charge is 2.27. The van der Waals surface area contributed by atoms with E-state index in [9.17, 15) is 0 Å². The smallest absolute Gasteiger partial charge is 0.153 e. The van der Waals surface area contributed by atoms with Crippen molar-refractivity contribution in [3.63, 3.8) is 0 Å². The van der Waals surface area contributed by atoms with Crippen LogP contribution in [0.2, 0.25) is 0 Å². The topological polar surface area (TPSA) is 41.6 Å². The molecule has 0 amide bonds. The molecule has 4 heteroatoms. The molecule has 0 atom stereocenters. The van der Waals surface area contributed by atoms with Gasteiger partial charge in [0.05, 0.1) is 0 Å². The summed E-state index contributed by atoms with van der Waals surface area (Å²) in [6, 6.07) is 8.32. The molecule has 1 saturated carbocycles. The normalized spacial score (nSPS) is 15.1. The van der Waals surface area contributed by atoms with Gasteiger partial charge in [-0.15, -0.1) is 0 Å². The third-order valence-electron chi connectivity index (χ3n) is 3.08. The second kappa shape index (κ2) is 4.61. The summed E-state index contributed by atoms with van der Waals surface area (Å²) in [6.45, 7) is 0. The second-order valence-corrected chi connectivity index (χ2v) is 5.36. The minimum Gasteiger partial charge on any atom is -0.263 e. The van der Waals surface area contributed by atoms with E-state index in [2.05, 4.69) is 49.3 Å². The van der Waals surface area contributed by atoms with E-state index in [4.69, 9.17) is 0 Å². The van der Waals surface area contributed by atoms with Gasteiger partial charge in [-0.1, -0.05) is 34.1 Å². The van der Waals surface area contributed by atoms with Crippen LogP contribution in [-0.2, 0) is 12.8 Å². The Labute approximate surface area is 109 Å². The minimum absolute atomic E-state index is 0.628. The monoisotopic (exact) mass is 291 g/mol. The Hall–Kier alpha value is -1.16. The summed E-state index contributed by atoms with van der Waals surface area (Å²) in [4.78, 5) is 4.54. The number of hydrogen-bond acceptors (Lipinski definition) is 2. The van der Waals surface area contributed by atoms with E-state index in [1.165, 1.54) is 22.9 Å². The maximum absolute atomic E-state index is 4.54. The van der Waals surface area contributed by atoms with E-state index in [1.807, 2.05) is 6.07 Å². The molecule has 17 heavy (non-hydrogen) atoms. The molecule has 2 aromatic rings. The van der Waals surface area contributed by atoms with Crippen LogP contribution in [-0.4, -0.2) is 15.2 Å². The molecular formula is C13H14BrN3. The number of aromatic nitrogens is 3. The number of nitrogens with zero attached hydrogens (tertiary/aromatic N) is 2. The Bertz CT molecular complexity index is 517. The lowest BCUT2D eigenvalue weighted by Crippen LogP contribution is -1.94. The zero-order valence-corrected chi connectivity index (χ0v) is 11.1. The molecule has 0 radical (unpaired) electrons. The van der Waals surface area contributed by atoms with Gasteiger partial charge in [0.2, 0.25) is 0 Å². The van der Waals surface area contributed by atoms with Crippen LogP contribution >= 0.6 is 15.9 Å². The van der Waals surface area contributed by atoms with E-state index >= 15 is 0 Å². The van der Waals surface area contributed by atoms with Gasteiger partial charge in [0.25, 0.3) is 0 Å². The average Bonchev–Trinajstić information content (AvgIpc) is 3.08. The van der Waals surface area contributed by atoms with Crippen molar-refractivity contribution in [2.24, 2.45) is 0 Å². The SMILES string of the molecule is Brc1ccccc1CCc1nc(C2CC2)n[nH]1. The second-order valence-electron chi connectivity index (χ2n) is 4.51. The summed E-state index contributed by atoms with van der Waals surface area (Å²) < 4.78 is 1.17. The van der Waals surface area contributed by atoms with Gasteiger partial charge in [0, 0.05) is 16.8 Å². The molecule has 0 aliphatic heterocycles. The first-order valence-corrected chi connectivity index (χ1v) is 6.77. The van der Waals surface area contributed by atoms with E-state index in [1.54, 1.807) is 0 Å². The summed E-state index contributed by atoms with van der Waals surface area (Å²) >= 11 is 3.56. The number of hydrogen-bond donors (Lipinski definition) is 1. The van der Waals surface area contributed by atoms with Crippen LogP contribution in [0.5, 0.6) is 0 Å². The number of benzene rings is 1. The zero-order chi connectivity index (χ0) is 11.7. The van der Waals surface area contributed by atoms with Gasteiger partial charge in [-0.05, 0) is 30.9 Å². The third kappa shape index (κ3) is 2.57. The summed E-state index contributed by atoms with van der Waals surface area (Å²) in [5, 5.41) is 7.31. The van der Waals surface area contributed by atoms with Gasteiger partial charge in [-0.3, -0.25) is 5.10 Å². The molecule has 1 aliphatic rings. The van der Waals surface area contributed by atoms with Crippen molar-refractivity contribution in [3.05, 3.63) is 46.0 Å². The lowest BCUT2D eigenvalue weighted by Gasteiger charge is -2.01. The molecule has 1 aromatic heterocycles. The van der Waals surface area contributed by atoms with Crippen molar-refractivity contribution in [2.45, 2.75) is 31.6 Å². The van der Waals surface area contributed by atoms with Crippen LogP contribution in [0.1, 0.15) is 36.0 Å². The van der Waals surface area contributed by atoms with E-state index in [0.717, 1.165) is 24.5 Å². The molecule has 0 bridgehead atoms. The zero-order valence-electron chi connectivity index (χ0n) is 9.49. The Morgan fingerprint density at radius 3 is 2.82 bits per heavy atom. The molecular weight excluding hydrogens is 278 g/mol. The van der Waals surface area contributed by atoms with Crippen LogP contribution in [0.25, 0.3) is 0 Å². The maximum Gasteiger partial charge on any atom is 0.153 e. The van der Waals surface area contributed by atoms with Gasteiger partial charge in [0.1, 0.15) is 5.82 Å². The Balaban J connectivity index is 1.65. The van der Waals surface area contributed by atoms with E-state index < -0.39 is 0 Å². The fraction of sp³-hybridized carbons (Fsp3) is 0.385. The molecule has 1 N–H and O–H groups in total. The molecule has 1 fully saturated rings. The van der Waals surface area contributed by atoms with Crippen LogP contribution in [0.4, 0.5) is 0 Å². The molecule has 0 unspecified atom stereocenters. The molecule has 1 aliphatic carbocycles. The molecule has 0 saturated heterocycles. The molecule has 3 nitrogen and oxygen atoms in total. The minimum atomic E-state index is 0.628. The molecule has 0 spiro atoms. The number of aryl methyl sites for hydroxylation is 2. The highest BCUT2D eigenvalue weighted by Crippen LogP contribution is 2.37. The Morgan fingerprint density at radius 2 is 2.06 bits per heavy atom. The predicted molar refractivity (Wildman–Crippen MR) is 69.9 cm³/mol. The van der Waals surface area contributed by atoms with Crippen molar-refractivity contribution in [1.29, 1.82) is 0 Å². The van der Waals surface area contributed by atoms with Gasteiger partial charge in [-0.25, -0.2) is 4.98 Å². The van der Waals surface area contributed by atoms with E-state index in [-0.39, 0.29) is 0 Å². The Morgan fingerprint density at radius 1 is 1.24 bits per heavy atom. The quantitative estimate of drug-likeness (QED) is 0.940. The Kier molecular flexibility index (Phi) is 2.97. The molecule has 1 aromatic carbocycles. The van der Waals surface area contributed by atoms with Gasteiger partial charge >= 0.3 is 0 Å². The summed E-state index contributed by atoms with van der Waals surface area (Å²) in [6.07, 6.45) is 4.41. The molecule has 1 heterocycles. The molecule has 88 valence electrons. The van der Waals surface area contributed by atoms with Crippen LogP contribution in [0.3, 0.4) is 0 Å². The summed E-state index contributed by atoms with van der Waals surface area (Å²) in [5.41, 5.74) is 1.32.